The van der Waals surface area contributed by atoms with Crippen molar-refractivity contribution in [2.24, 2.45) is 4.99 Å². The molecule has 1 rings (SSSR count). The molecule has 3 nitrogen and oxygen atoms in total. The van der Waals surface area contributed by atoms with E-state index >= 15 is 0 Å². The van der Waals surface area contributed by atoms with Crippen molar-refractivity contribution in [3.63, 3.8) is 0 Å². The molecule has 0 radical (unpaired) electrons. The summed E-state index contributed by atoms with van der Waals surface area (Å²) in [5.41, 5.74) is 0.972. The summed E-state index contributed by atoms with van der Waals surface area (Å²) in [6.45, 7) is 3.36. The maximum atomic E-state index is 11.2. The van der Waals surface area contributed by atoms with Gasteiger partial charge in [-0.15, -0.1) is 0 Å². The van der Waals surface area contributed by atoms with Gasteiger partial charge in [-0.3, -0.25) is 9.79 Å². The molecule has 0 heterocycles. The molecular weight excluding hydrogens is 270 g/mol. The Labute approximate surface area is 109 Å². The summed E-state index contributed by atoms with van der Waals surface area (Å²) in [6.07, 6.45) is 0. The van der Waals surface area contributed by atoms with Gasteiger partial charge in [0.2, 0.25) is 0 Å². The van der Waals surface area contributed by atoms with Crippen LogP contribution in [0.3, 0.4) is 0 Å². The van der Waals surface area contributed by atoms with Gasteiger partial charge < -0.3 is 4.90 Å². The number of benzene rings is 1. The Kier molecular flexibility index (Phi) is 4.19. The first-order chi connectivity index (χ1) is 7.40. The second-order valence-electron chi connectivity index (χ2n) is 3.24. The molecule has 1 aromatic rings. The van der Waals surface area contributed by atoms with Gasteiger partial charge in [-0.1, -0.05) is 23.2 Å². The van der Waals surface area contributed by atoms with E-state index in [0.29, 0.717) is 10.7 Å². The SMILES string of the molecule is C=Nc1c(C(=O)Cl)cc(Cl)c(N(C)C)c1Cl. The fourth-order valence-corrected chi connectivity index (χ4v) is 2.31. The van der Waals surface area contributed by atoms with Gasteiger partial charge in [0.25, 0.3) is 5.24 Å². The summed E-state index contributed by atoms with van der Waals surface area (Å²) in [4.78, 5) is 16.6. The van der Waals surface area contributed by atoms with Crippen LogP contribution < -0.4 is 4.90 Å². The maximum Gasteiger partial charge on any atom is 0.254 e. The molecule has 0 atom stereocenters. The molecule has 0 aromatic heterocycles. The zero-order valence-electron chi connectivity index (χ0n) is 8.72. The summed E-state index contributed by atoms with van der Waals surface area (Å²) in [5.74, 6) is 0. The van der Waals surface area contributed by atoms with E-state index in [1.807, 2.05) is 0 Å². The third kappa shape index (κ3) is 2.32. The maximum absolute atomic E-state index is 11.2. The summed E-state index contributed by atoms with van der Waals surface area (Å²) < 4.78 is 0. The standard InChI is InChI=1S/C10H9Cl3N2O/c1-14-8-5(10(13)16)4-6(11)9(7(8)12)15(2)3/h4H,1H2,2-3H3. The van der Waals surface area contributed by atoms with Crippen molar-refractivity contribution >= 4 is 58.1 Å². The number of carbonyl (C=O) groups excluding carboxylic acids is 1. The van der Waals surface area contributed by atoms with Crippen molar-refractivity contribution in [1.82, 2.24) is 0 Å². The molecular formula is C10H9Cl3N2O. The number of anilines is 1. The highest BCUT2D eigenvalue weighted by Gasteiger charge is 2.19. The molecule has 16 heavy (non-hydrogen) atoms. The highest BCUT2D eigenvalue weighted by Crippen LogP contribution is 2.42. The van der Waals surface area contributed by atoms with E-state index in [1.54, 1.807) is 19.0 Å². The van der Waals surface area contributed by atoms with Crippen LogP contribution in [-0.2, 0) is 0 Å². The minimum absolute atomic E-state index is 0.150. The number of nitrogens with zero attached hydrogens (tertiary/aromatic N) is 2. The predicted molar refractivity (Wildman–Crippen MR) is 70.2 cm³/mol. The van der Waals surface area contributed by atoms with Crippen LogP contribution in [0, 0.1) is 0 Å². The molecule has 0 saturated carbocycles. The van der Waals surface area contributed by atoms with Gasteiger partial charge in [0.05, 0.1) is 27.0 Å². The van der Waals surface area contributed by atoms with Gasteiger partial charge in [0.15, 0.2) is 0 Å². The Morgan fingerprint density at radius 2 is 2.00 bits per heavy atom. The molecule has 0 saturated heterocycles. The molecule has 0 fully saturated rings. The Balaban J connectivity index is 3.62. The molecule has 0 spiro atoms. The largest absolute Gasteiger partial charge is 0.375 e. The Morgan fingerprint density at radius 1 is 1.44 bits per heavy atom. The van der Waals surface area contributed by atoms with Crippen molar-refractivity contribution in [2.45, 2.75) is 0 Å². The van der Waals surface area contributed by atoms with Crippen LogP contribution in [0.1, 0.15) is 10.4 Å². The molecule has 1 aromatic carbocycles. The first kappa shape index (κ1) is 13.3. The van der Waals surface area contributed by atoms with E-state index in [2.05, 4.69) is 11.7 Å². The third-order valence-electron chi connectivity index (χ3n) is 1.99. The van der Waals surface area contributed by atoms with Crippen LogP contribution in [0.25, 0.3) is 0 Å². The average molecular weight is 280 g/mol. The second-order valence-corrected chi connectivity index (χ2v) is 4.37. The Bertz CT molecular complexity index is 458. The van der Waals surface area contributed by atoms with Gasteiger partial charge in [-0.25, -0.2) is 0 Å². The molecule has 0 bridgehead atoms. The van der Waals surface area contributed by atoms with E-state index in [4.69, 9.17) is 34.8 Å². The summed E-state index contributed by atoms with van der Waals surface area (Å²) >= 11 is 17.5. The van der Waals surface area contributed by atoms with Gasteiger partial charge in [0, 0.05) is 14.1 Å². The number of halogens is 3. The molecule has 0 N–H and O–H groups in total. The zero-order valence-corrected chi connectivity index (χ0v) is 11.0. The number of hydrogen-bond donors (Lipinski definition) is 0. The minimum Gasteiger partial charge on any atom is -0.375 e. The van der Waals surface area contributed by atoms with Crippen molar-refractivity contribution in [3.8, 4) is 0 Å². The van der Waals surface area contributed by atoms with E-state index in [1.165, 1.54) is 6.07 Å². The summed E-state index contributed by atoms with van der Waals surface area (Å²) in [5, 5.41) is -0.0700. The van der Waals surface area contributed by atoms with Crippen LogP contribution in [0.5, 0.6) is 0 Å². The molecule has 0 amide bonds. The fourth-order valence-electron chi connectivity index (χ4n) is 1.31. The molecule has 0 aliphatic rings. The van der Waals surface area contributed by atoms with Crippen LogP contribution in [0.4, 0.5) is 11.4 Å². The lowest BCUT2D eigenvalue weighted by molar-refractivity contribution is 0.108. The van der Waals surface area contributed by atoms with E-state index in [0.717, 1.165) is 0 Å². The van der Waals surface area contributed by atoms with Crippen LogP contribution in [0.2, 0.25) is 10.0 Å². The second kappa shape index (κ2) is 5.04. The third-order valence-corrected chi connectivity index (χ3v) is 2.84. The quantitative estimate of drug-likeness (QED) is 0.623. The predicted octanol–water partition coefficient (Wildman–Crippen LogP) is 3.77. The number of aliphatic imine (C=N–C) groups is 1. The van der Waals surface area contributed by atoms with Crippen molar-refractivity contribution in [1.29, 1.82) is 0 Å². The molecule has 0 aliphatic heterocycles. The topological polar surface area (TPSA) is 32.7 Å². The number of hydrogen-bond acceptors (Lipinski definition) is 3. The van der Waals surface area contributed by atoms with Crippen molar-refractivity contribution in [2.75, 3.05) is 19.0 Å². The number of carbonyl (C=O) groups is 1. The van der Waals surface area contributed by atoms with Crippen LogP contribution >= 0.6 is 34.8 Å². The average Bonchev–Trinajstić information content (AvgIpc) is 2.16. The first-order valence-corrected chi connectivity index (χ1v) is 5.39. The summed E-state index contributed by atoms with van der Waals surface area (Å²) in [7, 11) is 3.56. The number of rotatable bonds is 3. The Hall–Kier alpha value is -0.770. The molecule has 0 aliphatic carbocycles. The smallest absolute Gasteiger partial charge is 0.254 e. The fraction of sp³-hybridized carbons (Fsp3) is 0.200. The van der Waals surface area contributed by atoms with E-state index in [-0.39, 0.29) is 16.3 Å². The normalized spacial score (nSPS) is 10.1. The highest BCUT2D eigenvalue weighted by molar-refractivity contribution is 6.68. The van der Waals surface area contributed by atoms with Crippen LogP contribution in [-0.4, -0.2) is 26.1 Å². The lowest BCUT2D eigenvalue weighted by Gasteiger charge is -2.18. The molecule has 0 unspecified atom stereocenters. The van der Waals surface area contributed by atoms with Gasteiger partial charge in [-0.05, 0) is 24.4 Å². The summed E-state index contributed by atoms with van der Waals surface area (Å²) in [6, 6.07) is 1.43. The monoisotopic (exact) mass is 278 g/mol. The minimum atomic E-state index is -0.670. The van der Waals surface area contributed by atoms with Gasteiger partial charge in [-0.2, -0.15) is 0 Å². The van der Waals surface area contributed by atoms with Crippen LogP contribution in [0.15, 0.2) is 11.1 Å². The first-order valence-electron chi connectivity index (χ1n) is 4.26. The zero-order chi connectivity index (χ0) is 12.5. The Morgan fingerprint density at radius 3 is 2.38 bits per heavy atom. The van der Waals surface area contributed by atoms with Gasteiger partial charge >= 0.3 is 0 Å². The van der Waals surface area contributed by atoms with Gasteiger partial charge in [0.1, 0.15) is 0 Å². The van der Waals surface area contributed by atoms with Crippen molar-refractivity contribution < 1.29 is 4.79 Å². The molecule has 6 heteroatoms. The molecule has 86 valence electrons. The van der Waals surface area contributed by atoms with Crippen molar-refractivity contribution in [3.05, 3.63) is 21.7 Å². The van der Waals surface area contributed by atoms with E-state index < -0.39 is 5.24 Å². The highest BCUT2D eigenvalue weighted by atomic mass is 35.5. The van der Waals surface area contributed by atoms with E-state index in [9.17, 15) is 4.79 Å². The lowest BCUT2D eigenvalue weighted by atomic mass is 10.1. The lowest BCUT2D eigenvalue weighted by Crippen LogP contribution is -2.10.